The van der Waals surface area contributed by atoms with Gasteiger partial charge < -0.3 is 18.8 Å². The van der Waals surface area contributed by atoms with E-state index >= 15 is 0 Å². The van der Waals surface area contributed by atoms with E-state index in [-0.39, 0.29) is 35.2 Å². The Morgan fingerprint density at radius 3 is 2.19 bits per heavy atom. The van der Waals surface area contributed by atoms with Crippen molar-refractivity contribution in [1.82, 2.24) is 4.90 Å². The van der Waals surface area contributed by atoms with Gasteiger partial charge in [0, 0.05) is 18.5 Å². The van der Waals surface area contributed by atoms with Crippen molar-refractivity contribution in [3.8, 4) is 0 Å². The van der Waals surface area contributed by atoms with Gasteiger partial charge >= 0.3 is 6.09 Å². The molecule has 1 amide bonds. The normalized spacial score (nSPS) is 48.5. The standard InChI is InChI=1S/C41H69NO4Si/c1-12-47(13-2,14-3)46-35-34-32(27(6)24-29(44-34)33(26(4)5)45-36(43)42-22-15-23-42)38(10)20-21-41-25-40(41)19-18-28(7)37(8,9)30(40)16-17-31(41)39(35,38)11/h27-35H,4,12-25H2,1-3,5-11H3/t27-,28+,29-,30+,31+,32+,33-,34+,35+,38-,39-,40?,41+/m1/s1. The lowest BCUT2D eigenvalue weighted by atomic mass is 9.41. The lowest BCUT2D eigenvalue weighted by molar-refractivity contribution is -0.172. The highest BCUT2D eigenvalue weighted by Crippen LogP contribution is 2.89. The van der Waals surface area contributed by atoms with Gasteiger partial charge in [-0.05, 0) is 140 Å². The number of ether oxygens (including phenoxy) is 2. The summed E-state index contributed by atoms with van der Waals surface area (Å²) >= 11 is 0. The van der Waals surface area contributed by atoms with Gasteiger partial charge in [0.25, 0.3) is 0 Å². The second-order valence-corrected chi connectivity index (χ2v) is 24.0. The summed E-state index contributed by atoms with van der Waals surface area (Å²) in [6.45, 7) is 30.8. The molecule has 7 rings (SSSR count). The summed E-state index contributed by atoms with van der Waals surface area (Å²) in [7, 11) is -1.97. The van der Waals surface area contributed by atoms with E-state index in [4.69, 9.17) is 13.9 Å². The van der Waals surface area contributed by atoms with Crippen LogP contribution in [-0.2, 0) is 13.9 Å². The molecule has 6 heteroatoms. The molecular weight excluding hydrogens is 599 g/mol. The van der Waals surface area contributed by atoms with Crippen LogP contribution in [0, 0.1) is 56.7 Å². The van der Waals surface area contributed by atoms with E-state index in [1.807, 2.05) is 11.8 Å². The Bertz CT molecular complexity index is 1250. The number of hydrogen-bond acceptors (Lipinski definition) is 4. The van der Waals surface area contributed by atoms with Crippen LogP contribution < -0.4 is 0 Å². The van der Waals surface area contributed by atoms with E-state index in [0.29, 0.717) is 34.0 Å². The number of carbonyl (C=O) groups is 1. The highest BCUT2D eigenvalue weighted by atomic mass is 28.4. The zero-order valence-electron chi connectivity index (χ0n) is 31.9. The van der Waals surface area contributed by atoms with Gasteiger partial charge in [0.15, 0.2) is 14.4 Å². The topological polar surface area (TPSA) is 48.0 Å². The van der Waals surface area contributed by atoms with Crippen molar-refractivity contribution in [2.24, 2.45) is 56.7 Å². The fourth-order valence-electron chi connectivity index (χ4n) is 14.3. The first-order chi connectivity index (χ1) is 22.1. The Morgan fingerprint density at radius 2 is 1.60 bits per heavy atom. The summed E-state index contributed by atoms with van der Waals surface area (Å²) < 4.78 is 21.6. The molecule has 5 aliphatic carbocycles. The third-order valence-electron chi connectivity index (χ3n) is 17.8. The molecule has 0 aromatic carbocycles. The third-order valence-corrected chi connectivity index (χ3v) is 22.4. The van der Waals surface area contributed by atoms with Crippen LogP contribution in [0.15, 0.2) is 12.2 Å². The molecule has 2 heterocycles. The summed E-state index contributed by atoms with van der Waals surface area (Å²) in [6.07, 6.45) is 11.0. The summed E-state index contributed by atoms with van der Waals surface area (Å²) in [6, 6.07) is 3.49. The largest absolute Gasteiger partial charge is 0.439 e. The Labute approximate surface area is 288 Å². The van der Waals surface area contributed by atoms with Gasteiger partial charge in [0.2, 0.25) is 0 Å². The minimum atomic E-state index is -1.97. The molecular formula is C41H69NO4Si. The van der Waals surface area contributed by atoms with Crippen molar-refractivity contribution in [3.63, 3.8) is 0 Å². The van der Waals surface area contributed by atoms with E-state index in [9.17, 15) is 4.79 Å². The fraction of sp³-hybridized carbons (Fsp3) is 0.927. The lowest BCUT2D eigenvalue weighted by Gasteiger charge is -2.64. The van der Waals surface area contributed by atoms with Crippen molar-refractivity contribution in [3.05, 3.63) is 12.2 Å². The molecule has 1 unspecified atom stereocenters. The van der Waals surface area contributed by atoms with E-state index in [2.05, 4.69) is 68.9 Å². The number of likely N-dealkylation sites (tertiary alicyclic amines) is 1. The Hall–Kier alpha value is -0.853. The van der Waals surface area contributed by atoms with Gasteiger partial charge in [-0.25, -0.2) is 4.79 Å². The Balaban J connectivity index is 1.28. The first kappa shape index (κ1) is 34.6. The summed E-state index contributed by atoms with van der Waals surface area (Å²) in [5.74, 6) is 3.29. The molecule has 5 saturated carbocycles. The molecule has 0 aromatic heterocycles. The van der Waals surface area contributed by atoms with Crippen molar-refractivity contribution in [2.45, 2.75) is 170 Å². The lowest BCUT2D eigenvalue weighted by Crippen LogP contribution is -2.60. The van der Waals surface area contributed by atoms with Crippen LogP contribution in [0.2, 0.25) is 18.1 Å². The molecule has 7 fully saturated rings. The van der Waals surface area contributed by atoms with Crippen LogP contribution in [0.5, 0.6) is 0 Å². The quantitative estimate of drug-likeness (QED) is 0.191. The predicted octanol–water partition coefficient (Wildman–Crippen LogP) is 10.3. The molecule has 0 radical (unpaired) electrons. The number of carbonyl (C=O) groups excluding carboxylic acids is 1. The maximum atomic E-state index is 13.1. The number of rotatable bonds is 8. The van der Waals surface area contributed by atoms with Gasteiger partial charge in [-0.2, -0.15) is 0 Å². The van der Waals surface area contributed by atoms with E-state index in [0.717, 1.165) is 61.5 Å². The van der Waals surface area contributed by atoms with E-state index in [1.54, 1.807) is 0 Å². The summed E-state index contributed by atoms with van der Waals surface area (Å²) in [4.78, 5) is 15.0. The molecule has 0 bridgehead atoms. The zero-order valence-corrected chi connectivity index (χ0v) is 32.9. The summed E-state index contributed by atoms with van der Waals surface area (Å²) in [5.41, 5.74) is 2.56. The van der Waals surface area contributed by atoms with Crippen LogP contribution in [0.1, 0.15) is 127 Å². The van der Waals surface area contributed by atoms with Crippen LogP contribution >= 0.6 is 0 Å². The van der Waals surface area contributed by atoms with E-state index in [1.165, 1.54) is 44.9 Å². The molecule has 47 heavy (non-hydrogen) atoms. The van der Waals surface area contributed by atoms with Gasteiger partial charge in [0.05, 0.1) is 18.3 Å². The minimum Gasteiger partial charge on any atom is -0.439 e. The van der Waals surface area contributed by atoms with Crippen molar-refractivity contribution >= 4 is 14.4 Å². The van der Waals surface area contributed by atoms with Crippen molar-refractivity contribution in [1.29, 1.82) is 0 Å². The van der Waals surface area contributed by atoms with Gasteiger partial charge in [-0.1, -0.05) is 68.9 Å². The van der Waals surface area contributed by atoms with Crippen LogP contribution in [0.4, 0.5) is 4.79 Å². The Morgan fingerprint density at radius 1 is 0.957 bits per heavy atom. The highest BCUT2D eigenvalue weighted by molar-refractivity contribution is 6.73. The average Bonchev–Trinajstić information content (AvgIpc) is 3.63. The average molecular weight is 668 g/mol. The van der Waals surface area contributed by atoms with Crippen LogP contribution in [-0.4, -0.2) is 56.8 Å². The SMILES string of the molecule is C=C(C)[C@@H](OC(=O)N1CCC1)[C@H]1C[C@@H](C)[C@H]2[C@H](O1)[C@H](O[Si](CC)(CC)CC)[C@@]1(C)[C@@H]3CC[C@H]4C(C)(C)[C@@H](C)CCC45C[C@@]35CC[C@]21C. The minimum absolute atomic E-state index is 0.0326. The molecule has 0 aromatic rings. The molecule has 2 saturated heterocycles. The molecule has 5 nitrogen and oxygen atoms in total. The zero-order chi connectivity index (χ0) is 33.9. The number of fused-ring (bicyclic) bond motifs is 4. The first-order valence-corrected chi connectivity index (χ1v) is 22.6. The van der Waals surface area contributed by atoms with Gasteiger partial charge in [0.1, 0.15) is 0 Å². The fourth-order valence-corrected chi connectivity index (χ4v) is 17.2. The highest BCUT2D eigenvalue weighted by Gasteiger charge is 2.84. The molecule has 266 valence electrons. The molecule has 2 aliphatic heterocycles. The third kappa shape index (κ3) is 4.47. The van der Waals surface area contributed by atoms with Crippen LogP contribution in [0.3, 0.4) is 0 Å². The number of nitrogens with zero attached hydrogens (tertiary/aromatic N) is 1. The number of hydrogen-bond donors (Lipinski definition) is 0. The monoisotopic (exact) mass is 667 g/mol. The maximum Gasteiger partial charge on any atom is 0.410 e. The Kier molecular flexibility index (Phi) is 8.33. The van der Waals surface area contributed by atoms with Gasteiger partial charge in [-0.15, -0.1) is 0 Å². The first-order valence-electron chi connectivity index (χ1n) is 20.1. The maximum absolute atomic E-state index is 13.1. The molecule has 7 aliphatic rings. The number of amides is 1. The van der Waals surface area contributed by atoms with E-state index < -0.39 is 14.4 Å². The second-order valence-electron chi connectivity index (χ2n) is 19.3. The second kappa shape index (κ2) is 11.3. The van der Waals surface area contributed by atoms with Gasteiger partial charge in [-0.3, -0.25) is 0 Å². The predicted molar refractivity (Wildman–Crippen MR) is 193 cm³/mol. The van der Waals surface area contributed by atoms with Crippen molar-refractivity contribution in [2.75, 3.05) is 13.1 Å². The molecule has 13 atom stereocenters. The van der Waals surface area contributed by atoms with Crippen molar-refractivity contribution < 1.29 is 18.7 Å². The smallest absolute Gasteiger partial charge is 0.410 e. The summed E-state index contributed by atoms with van der Waals surface area (Å²) in [5, 5.41) is 0. The molecule has 2 spiro atoms. The van der Waals surface area contributed by atoms with Crippen LogP contribution in [0.25, 0.3) is 0 Å². The molecule has 0 N–H and O–H groups in total.